The molecular formula is C10H19NO6. The molecule has 0 aromatic heterocycles. The van der Waals surface area contributed by atoms with Gasteiger partial charge >= 0.3 is 0 Å². The number of carbonyl (C=O) groups is 1. The largest absolute Gasteiger partial charge is 0.394 e. The molecule has 1 fully saturated rings. The minimum absolute atomic E-state index is 0.0213. The van der Waals surface area contributed by atoms with Crippen molar-refractivity contribution >= 4 is 5.78 Å². The van der Waals surface area contributed by atoms with Gasteiger partial charge in [-0.1, -0.05) is 0 Å². The molecule has 1 rings (SSSR count). The zero-order valence-corrected chi connectivity index (χ0v) is 9.61. The maximum Gasteiger partial charge on any atom is 0.173 e. The molecule has 0 radical (unpaired) electrons. The van der Waals surface area contributed by atoms with Gasteiger partial charge in [0.1, 0.15) is 24.1 Å². The smallest absolute Gasteiger partial charge is 0.173 e. The summed E-state index contributed by atoms with van der Waals surface area (Å²) in [6.45, 7) is 1.21. The maximum atomic E-state index is 10.7. The SMILES string of the molecule is CC(=O)CCN[C@H]1C(O)O[C@H](CO)[C@@H](O)[C@@H]1O. The van der Waals surface area contributed by atoms with E-state index in [1.54, 1.807) is 0 Å². The fourth-order valence-corrected chi connectivity index (χ4v) is 1.73. The first-order valence-electron chi connectivity index (χ1n) is 5.50. The molecule has 1 aliphatic rings. The normalized spacial score (nSPS) is 38.1. The van der Waals surface area contributed by atoms with Crippen LogP contribution in [0.25, 0.3) is 0 Å². The Balaban J connectivity index is 2.51. The molecule has 1 aliphatic heterocycles. The van der Waals surface area contributed by atoms with Crippen molar-refractivity contribution in [1.29, 1.82) is 0 Å². The van der Waals surface area contributed by atoms with Gasteiger partial charge in [0.2, 0.25) is 0 Å². The molecule has 0 aromatic carbocycles. The van der Waals surface area contributed by atoms with Crippen LogP contribution in [-0.2, 0) is 9.53 Å². The van der Waals surface area contributed by atoms with E-state index in [9.17, 15) is 20.1 Å². The summed E-state index contributed by atoms with van der Waals surface area (Å²) in [4.78, 5) is 10.7. The van der Waals surface area contributed by atoms with Crippen LogP contribution in [0.5, 0.6) is 0 Å². The van der Waals surface area contributed by atoms with Crippen LogP contribution in [0, 0.1) is 0 Å². The summed E-state index contributed by atoms with van der Waals surface area (Å²) in [6.07, 6.45) is -4.63. The fourth-order valence-electron chi connectivity index (χ4n) is 1.73. The molecule has 1 saturated heterocycles. The summed E-state index contributed by atoms with van der Waals surface area (Å²) in [5.41, 5.74) is 0. The number of rotatable bonds is 5. The third-order valence-corrected chi connectivity index (χ3v) is 2.76. The Bertz CT molecular complexity index is 261. The van der Waals surface area contributed by atoms with Crippen molar-refractivity contribution in [3.8, 4) is 0 Å². The molecule has 7 heteroatoms. The van der Waals surface area contributed by atoms with Crippen LogP contribution in [0.15, 0.2) is 0 Å². The summed E-state index contributed by atoms with van der Waals surface area (Å²) in [6, 6.07) is -0.882. The van der Waals surface area contributed by atoms with Gasteiger partial charge in [0, 0.05) is 13.0 Å². The molecule has 0 aliphatic carbocycles. The van der Waals surface area contributed by atoms with E-state index in [-0.39, 0.29) is 18.7 Å². The van der Waals surface area contributed by atoms with E-state index in [1.807, 2.05) is 0 Å². The van der Waals surface area contributed by atoms with Gasteiger partial charge in [-0.05, 0) is 6.92 Å². The highest BCUT2D eigenvalue weighted by molar-refractivity contribution is 5.75. The van der Waals surface area contributed by atoms with Crippen LogP contribution in [-0.4, -0.2) is 70.0 Å². The van der Waals surface area contributed by atoms with Crippen molar-refractivity contribution in [2.75, 3.05) is 13.2 Å². The first kappa shape index (κ1) is 14.5. The van der Waals surface area contributed by atoms with Crippen LogP contribution in [0.4, 0.5) is 0 Å². The van der Waals surface area contributed by atoms with Crippen molar-refractivity contribution in [1.82, 2.24) is 5.32 Å². The van der Waals surface area contributed by atoms with Gasteiger partial charge in [-0.3, -0.25) is 4.79 Å². The van der Waals surface area contributed by atoms with Gasteiger partial charge in [-0.2, -0.15) is 0 Å². The topological polar surface area (TPSA) is 119 Å². The predicted octanol–water partition coefficient (Wildman–Crippen LogP) is -2.64. The van der Waals surface area contributed by atoms with Gasteiger partial charge in [0.25, 0.3) is 0 Å². The highest BCUT2D eigenvalue weighted by atomic mass is 16.6. The van der Waals surface area contributed by atoms with Crippen molar-refractivity contribution in [2.45, 2.75) is 44.0 Å². The highest BCUT2D eigenvalue weighted by Crippen LogP contribution is 2.19. The highest BCUT2D eigenvalue weighted by Gasteiger charge is 2.43. The van der Waals surface area contributed by atoms with Crippen LogP contribution in [0.1, 0.15) is 13.3 Å². The van der Waals surface area contributed by atoms with Crippen molar-refractivity contribution in [2.24, 2.45) is 0 Å². The number of carbonyl (C=O) groups excluding carboxylic acids is 1. The van der Waals surface area contributed by atoms with Crippen LogP contribution in [0.3, 0.4) is 0 Å². The maximum absolute atomic E-state index is 10.7. The molecule has 100 valence electrons. The molecular weight excluding hydrogens is 230 g/mol. The predicted molar refractivity (Wildman–Crippen MR) is 57.1 cm³/mol. The first-order chi connectivity index (χ1) is 7.97. The molecule has 5 atom stereocenters. The zero-order valence-electron chi connectivity index (χ0n) is 9.61. The van der Waals surface area contributed by atoms with E-state index < -0.39 is 37.3 Å². The van der Waals surface area contributed by atoms with Gasteiger partial charge in [0.15, 0.2) is 6.29 Å². The molecule has 0 bridgehead atoms. The molecule has 0 spiro atoms. The third kappa shape index (κ3) is 3.70. The number of ketones is 1. The van der Waals surface area contributed by atoms with E-state index in [0.29, 0.717) is 0 Å². The lowest BCUT2D eigenvalue weighted by Gasteiger charge is -2.40. The molecule has 7 nitrogen and oxygen atoms in total. The second kappa shape index (κ2) is 6.39. The summed E-state index contributed by atoms with van der Waals surface area (Å²) in [5, 5.41) is 40.5. The Morgan fingerprint density at radius 3 is 2.47 bits per heavy atom. The van der Waals surface area contributed by atoms with E-state index >= 15 is 0 Å². The van der Waals surface area contributed by atoms with Gasteiger partial charge in [0.05, 0.1) is 12.6 Å². The Kier molecular flexibility index (Phi) is 5.44. The quantitative estimate of drug-likeness (QED) is 0.361. The van der Waals surface area contributed by atoms with Crippen LogP contribution >= 0.6 is 0 Å². The summed E-state index contributed by atoms with van der Waals surface area (Å²) in [7, 11) is 0. The minimum atomic E-state index is -1.34. The molecule has 0 aromatic rings. The molecule has 0 amide bonds. The lowest BCUT2D eigenvalue weighted by molar-refractivity contribution is -0.254. The van der Waals surface area contributed by atoms with Crippen LogP contribution in [0.2, 0.25) is 0 Å². The number of nitrogens with one attached hydrogen (secondary N) is 1. The molecule has 0 saturated carbocycles. The average molecular weight is 249 g/mol. The van der Waals surface area contributed by atoms with E-state index in [1.165, 1.54) is 6.92 Å². The Labute approximate surface area is 99.0 Å². The minimum Gasteiger partial charge on any atom is -0.394 e. The monoisotopic (exact) mass is 249 g/mol. The third-order valence-electron chi connectivity index (χ3n) is 2.76. The van der Waals surface area contributed by atoms with Crippen LogP contribution < -0.4 is 5.32 Å². The van der Waals surface area contributed by atoms with Crippen molar-refractivity contribution in [3.63, 3.8) is 0 Å². The number of hydrogen-bond donors (Lipinski definition) is 5. The van der Waals surface area contributed by atoms with E-state index in [0.717, 1.165) is 0 Å². The van der Waals surface area contributed by atoms with Crippen molar-refractivity contribution in [3.05, 3.63) is 0 Å². The second-order valence-corrected chi connectivity index (χ2v) is 4.16. The summed E-state index contributed by atoms with van der Waals surface area (Å²) >= 11 is 0. The molecule has 1 unspecified atom stereocenters. The van der Waals surface area contributed by atoms with Gasteiger partial charge in [-0.25, -0.2) is 0 Å². The Morgan fingerprint density at radius 2 is 1.94 bits per heavy atom. The van der Waals surface area contributed by atoms with E-state index in [4.69, 9.17) is 9.84 Å². The number of ether oxygens (including phenoxy) is 1. The lowest BCUT2D eigenvalue weighted by atomic mass is 9.97. The number of Topliss-reactive ketones (excluding diaryl/α,β-unsaturated/α-hetero) is 1. The average Bonchev–Trinajstić information content (AvgIpc) is 2.27. The number of aliphatic hydroxyl groups is 4. The van der Waals surface area contributed by atoms with Crippen molar-refractivity contribution < 1.29 is 30.0 Å². The molecule has 5 N–H and O–H groups in total. The standard InChI is InChI=1S/C10H19NO6/c1-5(13)2-3-11-7-9(15)8(14)6(4-12)17-10(7)16/h6-12,14-16H,2-4H2,1H3/t6-,7-,8-,9-,10?/m1/s1. The van der Waals surface area contributed by atoms with Gasteiger partial charge < -0.3 is 30.5 Å². The Hall–Kier alpha value is -0.570. The second-order valence-electron chi connectivity index (χ2n) is 4.16. The number of aliphatic hydroxyl groups excluding tert-OH is 4. The Morgan fingerprint density at radius 1 is 1.29 bits per heavy atom. The summed E-state index contributed by atoms with van der Waals surface area (Å²) in [5.74, 6) is -0.0213. The molecule has 1 heterocycles. The zero-order chi connectivity index (χ0) is 13.0. The first-order valence-corrected chi connectivity index (χ1v) is 5.50. The lowest BCUT2D eigenvalue weighted by Crippen LogP contribution is -2.63. The fraction of sp³-hybridized carbons (Fsp3) is 0.900. The molecule has 17 heavy (non-hydrogen) atoms. The summed E-state index contributed by atoms with van der Waals surface area (Å²) < 4.78 is 4.94. The number of hydrogen-bond acceptors (Lipinski definition) is 7. The van der Waals surface area contributed by atoms with Gasteiger partial charge in [-0.15, -0.1) is 0 Å². The van der Waals surface area contributed by atoms with E-state index in [2.05, 4.69) is 5.32 Å².